The van der Waals surface area contributed by atoms with Gasteiger partial charge in [0.15, 0.2) is 0 Å². The Morgan fingerprint density at radius 2 is 1.50 bits per heavy atom. The molecule has 0 aliphatic heterocycles. The number of amides is 1. The maximum Gasteiger partial charge on any atom is 0.260 e. The third kappa shape index (κ3) is 3.50. The highest BCUT2D eigenvalue weighted by Gasteiger charge is 2.23. The highest BCUT2D eigenvalue weighted by Crippen LogP contribution is 2.37. The maximum atomic E-state index is 13.5. The fourth-order valence-electron chi connectivity index (χ4n) is 3.56. The molecule has 0 radical (unpaired) electrons. The summed E-state index contributed by atoms with van der Waals surface area (Å²) in [5.74, 6) is 1.67. The van der Waals surface area contributed by atoms with Crippen LogP contribution in [0.1, 0.15) is 21.5 Å². The molecule has 0 unspecified atom stereocenters. The van der Waals surface area contributed by atoms with Crippen molar-refractivity contribution >= 4 is 22.6 Å². The van der Waals surface area contributed by atoms with Crippen LogP contribution in [0.4, 0.5) is 5.69 Å². The molecule has 1 N–H and O–H groups in total. The fourth-order valence-corrected chi connectivity index (χ4v) is 3.56. The molecule has 0 bridgehead atoms. The van der Waals surface area contributed by atoms with Crippen molar-refractivity contribution in [2.45, 2.75) is 13.8 Å². The molecule has 1 amide bonds. The van der Waals surface area contributed by atoms with Crippen molar-refractivity contribution in [3.05, 3.63) is 77.4 Å². The van der Waals surface area contributed by atoms with Gasteiger partial charge in [-0.2, -0.15) is 0 Å². The lowest BCUT2D eigenvalue weighted by molar-refractivity contribution is 0.102. The van der Waals surface area contributed by atoms with Crippen LogP contribution in [-0.4, -0.2) is 20.1 Å². The zero-order valence-electron chi connectivity index (χ0n) is 17.4. The molecule has 0 aliphatic carbocycles. The van der Waals surface area contributed by atoms with Crippen molar-refractivity contribution in [2.24, 2.45) is 0 Å². The smallest absolute Gasteiger partial charge is 0.260 e. The standard InChI is InChI=1S/C25H23NO4/c1-15-6-5-7-16(2)23(15)26-25(27)22-20-14-19(29-4)12-13-21(20)30-24(22)17-8-10-18(28-3)11-9-17/h5-14H,1-4H3,(H,26,27). The average molecular weight is 401 g/mol. The van der Waals surface area contributed by atoms with Gasteiger partial charge in [0, 0.05) is 16.6 Å². The lowest BCUT2D eigenvalue weighted by Crippen LogP contribution is -2.14. The van der Waals surface area contributed by atoms with Crippen LogP contribution in [0.2, 0.25) is 0 Å². The van der Waals surface area contributed by atoms with Gasteiger partial charge in [-0.05, 0) is 67.4 Å². The molecule has 0 fully saturated rings. The summed E-state index contributed by atoms with van der Waals surface area (Å²) in [7, 11) is 3.22. The molecule has 0 saturated heterocycles. The molecule has 1 aromatic heterocycles. The van der Waals surface area contributed by atoms with Crippen molar-refractivity contribution in [2.75, 3.05) is 19.5 Å². The zero-order chi connectivity index (χ0) is 21.3. The Morgan fingerprint density at radius 3 is 2.13 bits per heavy atom. The number of benzene rings is 3. The van der Waals surface area contributed by atoms with Gasteiger partial charge in [0.05, 0.1) is 19.8 Å². The van der Waals surface area contributed by atoms with Crippen LogP contribution >= 0.6 is 0 Å². The molecular weight excluding hydrogens is 378 g/mol. The van der Waals surface area contributed by atoms with E-state index in [4.69, 9.17) is 13.9 Å². The first-order valence-corrected chi connectivity index (χ1v) is 9.64. The Labute approximate surface area is 175 Å². The number of methoxy groups -OCH3 is 2. The SMILES string of the molecule is COc1ccc(-c2oc3ccc(OC)cc3c2C(=O)Nc2c(C)cccc2C)cc1. The number of rotatable bonds is 5. The topological polar surface area (TPSA) is 60.7 Å². The van der Waals surface area contributed by atoms with E-state index in [2.05, 4.69) is 5.32 Å². The van der Waals surface area contributed by atoms with Gasteiger partial charge in [0.2, 0.25) is 0 Å². The van der Waals surface area contributed by atoms with Gasteiger partial charge >= 0.3 is 0 Å². The highest BCUT2D eigenvalue weighted by molar-refractivity contribution is 6.17. The third-order valence-corrected chi connectivity index (χ3v) is 5.19. The van der Waals surface area contributed by atoms with Gasteiger partial charge < -0.3 is 19.2 Å². The number of furan rings is 1. The molecule has 4 rings (SSSR count). The maximum absolute atomic E-state index is 13.5. The molecule has 0 saturated carbocycles. The van der Waals surface area contributed by atoms with Crippen molar-refractivity contribution in [3.8, 4) is 22.8 Å². The zero-order valence-corrected chi connectivity index (χ0v) is 17.4. The van der Waals surface area contributed by atoms with Crippen LogP contribution in [0.15, 0.2) is 65.1 Å². The van der Waals surface area contributed by atoms with E-state index >= 15 is 0 Å². The van der Waals surface area contributed by atoms with Gasteiger partial charge in [-0.25, -0.2) is 0 Å². The minimum absolute atomic E-state index is 0.231. The lowest BCUT2D eigenvalue weighted by Gasteiger charge is -2.12. The summed E-state index contributed by atoms with van der Waals surface area (Å²) < 4.78 is 16.7. The molecule has 3 aromatic carbocycles. The van der Waals surface area contributed by atoms with Crippen molar-refractivity contribution in [1.29, 1.82) is 0 Å². The minimum atomic E-state index is -0.231. The second-order valence-corrected chi connectivity index (χ2v) is 7.12. The van der Waals surface area contributed by atoms with E-state index < -0.39 is 0 Å². The Bertz CT molecular complexity index is 1200. The fraction of sp³-hybridized carbons (Fsp3) is 0.160. The minimum Gasteiger partial charge on any atom is -0.497 e. The number of aryl methyl sites for hydroxylation is 2. The quantitative estimate of drug-likeness (QED) is 0.446. The van der Waals surface area contributed by atoms with E-state index in [1.165, 1.54) is 0 Å². The Kier molecular flexibility index (Phi) is 5.19. The largest absolute Gasteiger partial charge is 0.497 e. The summed E-state index contributed by atoms with van der Waals surface area (Å²) >= 11 is 0. The molecule has 152 valence electrons. The van der Waals surface area contributed by atoms with Crippen LogP contribution in [-0.2, 0) is 0 Å². The predicted octanol–water partition coefficient (Wildman–Crippen LogP) is 5.99. The van der Waals surface area contributed by atoms with Crippen molar-refractivity contribution in [3.63, 3.8) is 0 Å². The number of fused-ring (bicyclic) bond motifs is 1. The van der Waals surface area contributed by atoms with Crippen molar-refractivity contribution in [1.82, 2.24) is 0 Å². The molecule has 0 atom stereocenters. The Hall–Kier alpha value is -3.73. The van der Waals surface area contributed by atoms with E-state index in [-0.39, 0.29) is 5.91 Å². The first-order valence-electron chi connectivity index (χ1n) is 9.64. The number of carbonyl (C=O) groups excluding carboxylic acids is 1. The number of nitrogens with one attached hydrogen (secondary N) is 1. The van der Waals surface area contributed by atoms with Gasteiger partial charge in [-0.15, -0.1) is 0 Å². The third-order valence-electron chi connectivity index (χ3n) is 5.19. The molecule has 30 heavy (non-hydrogen) atoms. The molecule has 0 spiro atoms. The normalized spacial score (nSPS) is 10.8. The summed E-state index contributed by atoms with van der Waals surface area (Å²) in [4.78, 5) is 13.5. The van der Waals surface area contributed by atoms with E-state index in [9.17, 15) is 4.79 Å². The second-order valence-electron chi connectivity index (χ2n) is 7.12. The monoisotopic (exact) mass is 401 g/mol. The van der Waals surface area contributed by atoms with Gasteiger partial charge in [0.25, 0.3) is 5.91 Å². The number of anilines is 1. The molecule has 5 nitrogen and oxygen atoms in total. The molecule has 0 aliphatic rings. The number of ether oxygens (including phenoxy) is 2. The van der Waals surface area contributed by atoms with Crippen LogP contribution in [0.5, 0.6) is 11.5 Å². The Balaban J connectivity index is 1.87. The summed E-state index contributed by atoms with van der Waals surface area (Å²) in [5.41, 5.74) is 4.68. The second kappa shape index (κ2) is 7.95. The molecular formula is C25H23NO4. The summed E-state index contributed by atoms with van der Waals surface area (Å²) in [6.45, 7) is 3.95. The average Bonchev–Trinajstić information content (AvgIpc) is 3.15. The molecule has 1 heterocycles. The van der Waals surface area contributed by atoms with Crippen LogP contribution in [0, 0.1) is 13.8 Å². The van der Waals surface area contributed by atoms with E-state index in [0.717, 1.165) is 28.1 Å². The Morgan fingerprint density at radius 1 is 0.867 bits per heavy atom. The number of hydrogen-bond donors (Lipinski definition) is 1. The summed E-state index contributed by atoms with van der Waals surface area (Å²) in [6, 6.07) is 18.8. The van der Waals surface area contributed by atoms with E-state index in [1.54, 1.807) is 14.2 Å². The first kappa shape index (κ1) is 19.6. The van der Waals surface area contributed by atoms with Gasteiger partial charge in [-0.3, -0.25) is 4.79 Å². The van der Waals surface area contributed by atoms with E-state index in [1.807, 2.05) is 74.5 Å². The van der Waals surface area contributed by atoms with Crippen LogP contribution in [0.25, 0.3) is 22.3 Å². The summed E-state index contributed by atoms with van der Waals surface area (Å²) in [6.07, 6.45) is 0. The molecule has 5 heteroatoms. The van der Waals surface area contributed by atoms with Crippen molar-refractivity contribution < 1.29 is 18.7 Å². The van der Waals surface area contributed by atoms with Gasteiger partial charge in [0.1, 0.15) is 22.8 Å². The number of para-hydroxylation sites is 1. The highest BCUT2D eigenvalue weighted by atomic mass is 16.5. The van der Waals surface area contributed by atoms with Crippen LogP contribution in [0.3, 0.4) is 0 Å². The number of hydrogen-bond acceptors (Lipinski definition) is 4. The summed E-state index contributed by atoms with van der Waals surface area (Å²) in [5, 5.41) is 3.78. The predicted molar refractivity (Wildman–Crippen MR) is 119 cm³/mol. The molecule has 4 aromatic rings. The van der Waals surface area contributed by atoms with E-state index in [0.29, 0.717) is 28.0 Å². The van der Waals surface area contributed by atoms with Crippen LogP contribution < -0.4 is 14.8 Å². The first-order chi connectivity index (χ1) is 14.5. The van der Waals surface area contributed by atoms with Gasteiger partial charge in [-0.1, -0.05) is 18.2 Å². The number of carbonyl (C=O) groups is 1. The lowest BCUT2D eigenvalue weighted by atomic mass is 10.0.